The van der Waals surface area contributed by atoms with Crippen molar-refractivity contribution in [3.8, 4) is 11.5 Å². The Morgan fingerprint density at radius 1 is 1.21 bits per heavy atom. The molecule has 0 bridgehead atoms. The average Bonchev–Trinajstić information content (AvgIpc) is 2.39. The first-order chi connectivity index (χ1) is 9.11. The molecule has 0 saturated carbocycles. The Hall–Kier alpha value is -2.23. The van der Waals surface area contributed by atoms with Gasteiger partial charge in [0.2, 0.25) is 0 Å². The monoisotopic (exact) mass is 261 g/mol. The summed E-state index contributed by atoms with van der Waals surface area (Å²) in [5, 5.41) is 12.8. The van der Waals surface area contributed by atoms with Crippen molar-refractivity contribution >= 4 is 5.69 Å². The summed E-state index contributed by atoms with van der Waals surface area (Å²) in [5.74, 6) is 0.206. The molecule has 0 aliphatic rings. The quantitative estimate of drug-likeness (QED) is 0.881. The molecule has 0 aromatic heterocycles. The van der Waals surface area contributed by atoms with Gasteiger partial charge in [0.25, 0.3) is 0 Å². The van der Waals surface area contributed by atoms with Gasteiger partial charge < -0.3 is 15.2 Å². The summed E-state index contributed by atoms with van der Waals surface area (Å²) < 4.78 is 18.6. The lowest BCUT2D eigenvalue weighted by Crippen LogP contribution is -2.08. The van der Waals surface area contributed by atoms with Gasteiger partial charge in [-0.15, -0.1) is 0 Å². The highest BCUT2D eigenvalue weighted by molar-refractivity contribution is 5.55. The third kappa shape index (κ3) is 2.96. The topological polar surface area (TPSA) is 41.5 Å². The van der Waals surface area contributed by atoms with E-state index in [4.69, 9.17) is 4.74 Å². The van der Waals surface area contributed by atoms with Gasteiger partial charge in [0.05, 0.1) is 13.2 Å². The lowest BCUT2D eigenvalue weighted by molar-refractivity contribution is 0.373. The zero-order chi connectivity index (χ0) is 13.8. The number of phenolic OH excluding ortho intramolecular Hbond substituents is 1. The molecule has 0 saturated heterocycles. The summed E-state index contributed by atoms with van der Waals surface area (Å²) in [7, 11) is 1.49. The van der Waals surface area contributed by atoms with Crippen molar-refractivity contribution in [1.29, 1.82) is 0 Å². The Morgan fingerprint density at radius 3 is 2.58 bits per heavy atom. The molecular formula is C15H16FNO2. The third-order valence-electron chi connectivity index (χ3n) is 2.93. The third-order valence-corrected chi connectivity index (χ3v) is 2.93. The first-order valence-corrected chi connectivity index (χ1v) is 6.00. The molecule has 0 aliphatic carbocycles. The van der Waals surface area contributed by atoms with E-state index in [9.17, 15) is 9.50 Å². The maximum atomic E-state index is 13.6. The van der Waals surface area contributed by atoms with Crippen LogP contribution >= 0.6 is 0 Å². The molecule has 19 heavy (non-hydrogen) atoms. The largest absolute Gasteiger partial charge is 0.504 e. The SMILES string of the molecule is COc1ccc(NC(C)c2ccccc2F)cc1O. The van der Waals surface area contributed by atoms with E-state index in [0.717, 1.165) is 0 Å². The van der Waals surface area contributed by atoms with Crippen LogP contribution in [0.15, 0.2) is 42.5 Å². The van der Waals surface area contributed by atoms with Gasteiger partial charge in [-0.25, -0.2) is 4.39 Å². The molecule has 0 spiro atoms. The van der Waals surface area contributed by atoms with Crippen molar-refractivity contribution in [3.05, 3.63) is 53.8 Å². The highest BCUT2D eigenvalue weighted by atomic mass is 19.1. The van der Waals surface area contributed by atoms with E-state index < -0.39 is 0 Å². The second-order valence-corrected chi connectivity index (χ2v) is 4.27. The minimum Gasteiger partial charge on any atom is -0.504 e. The molecule has 0 fully saturated rings. The summed E-state index contributed by atoms with van der Waals surface area (Å²) in [4.78, 5) is 0. The van der Waals surface area contributed by atoms with E-state index in [0.29, 0.717) is 17.0 Å². The smallest absolute Gasteiger partial charge is 0.160 e. The minimum absolute atomic E-state index is 0.0493. The average molecular weight is 261 g/mol. The van der Waals surface area contributed by atoms with Crippen molar-refractivity contribution in [2.24, 2.45) is 0 Å². The number of hydrogen-bond acceptors (Lipinski definition) is 3. The number of hydrogen-bond donors (Lipinski definition) is 2. The maximum Gasteiger partial charge on any atom is 0.160 e. The van der Waals surface area contributed by atoms with Crippen LogP contribution in [0.3, 0.4) is 0 Å². The summed E-state index contributed by atoms with van der Waals surface area (Å²) in [6.45, 7) is 1.86. The number of benzene rings is 2. The summed E-state index contributed by atoms with van der Waals surface area (Å²) >= 11 is 0. The van der Waals surface area contributed by atoms with E-state index in [1.807, 2.05) is 6.92 Å². The molecule has 0 aliphatic heterocycles. The van der Waals surface area contributed by atoms with Crippen LogP contribution in [0.4, 0.5) is 10.1 Å². The van der Waals surface area contributed by atoms with Gasteiger partial charge in [0.1, 0.15) is 5.82 Å². The number of phenols is 1. The van der Waals surface area contributed by atoms with Crippen molar-refractivity contribution in [3.63, 3.8) is 0 Å². The zero-order valence-corrected chi connectivity index (χ0v) is 10.9. The predicted molar refractivity (Wildman–Crippen MR) is 73.1 cm³/mol. The van der Waals surface area contributed by atoms with E-state index in [1.165, 1.54) is 13.2 Å². The van der Waals surface area contributed by atoms with E-state index >= 15 is 0 Å². The fraction of sp³-hybridized carbons (Fsp3) is 0.200. The lowest BCUT2D eigenvalue weighted by atomic mass is 10.1. The number of ether oxygens (including phenoxy) is 1. The molecule has 100 valence electrons. The van der Waals surface area contributed by atoms with Gasteiger partial charge in [0.15, 0.2) is 11.5 Å². The predicted octanol–water partition coefficient (Wildman–Crippen LogP) is 3.71. The van der Waals surface area contributed by atoms with Crippen molar-refractivity contribution in [2.45, 2.75) is 13.0 Å². The standard InChI is InChI=1S/C15H16FNO2/c1-10(12-5-3-4-6-13(12)16)17-11-7-8-15(19-2)14(18)9-11/h3-10,17-18H,1-2H3. The van der Waals surface area contributed by atoms with Crippen LogP contribution in [0.5, 0.6) is 11.5 Å². The van der Waals surface area contributed by atoms with Crippen LogP contribution in [-0.4, -0.2) is 12.2 Å². The summed E-state index contributed by atoms with van der Waals surface area (Å²) in [6, 6.07) is 11.4. The molecule has 4 heteroatoms. The summed E-state index contributed by atoms with van der Waals surface area (Å²) in [6.07, 6.45) is 0. The Bertz CT molecular complexity index is 572. The van der Waals surface area contributed by atoms with Gasteiger partial charge in [0, 0.05) is 17.3 Å². The number of aromatic hydroxyl groups is 1. The Balaban J connectivity index is 2.17. The van der Waals surface area contributed by atoms with Crippen molar-refractivity contribution < 1.29 is 14.2 Å². The fourth-order valence-corrected chi connectivity index (χ4v) is 1.93. The second kappa shape index (κ2) is 5.61. The first-order valence-electron chi connectivity index (χ1n) is 6.00. The summed E-state index contributed by atoms with van der Waals surface area (Å²) in [5.41, 5.74) is 1.28. The number of methoxy groups -OCH3 is 1. The van der Waals surface area contributed by atoms with E-state index in [-0.39, 0.29) is 17.6 Å². The second-order valence-electron chi connectivity index (χ2n) is 4.27. The molecule has 1 atom stereocenters. The molecule has 2 N–H and O–H groups in total. The Kier molecular flexibility index (Phi) is 3.90. The normalized spacial score (nSPS) is 11.9. The van der Waals surface area contributed by atoms with Crippen molar-refractivity contribution in [1.82, 2.24) is 0 Å². The van der Waals surface area contributed by atoms with Gasteiger partial charge in [-0.05, 0) is 25.1 Å². The molecule has 3 nitrogen and oxygen atoms in total. The van der Waals surface area contributed by atoms with Crippen LogP contribution < -0.4 is 10.1 Å². The first kappa shape index (κ1) is 13.2. The fourth-order valence-electron chi connectivity index (χ4n) is 1.93. The van der Waals surface area contributed by atoms with E-state index in [2.05, 4.69) is 5.32 Å². The number of anilines is 1. The number of nitrogens with one attached hydrogen (secondary N) is 1. The molecule has 2 aromatic rings. The molecule has 1 unspecified atom stereocenters. The van der Waals surface area contributed by atoms with Crippen LogP contribution in [0.2, 0.25) is 0 Å². The molecule has 0 amide bonds. The highest BCUT2D eigenvalue weighted by Gasteiger charge is 2.11. The minimum atomic E-state index is -0.250. The lowest BCUT2D eigenvalue weighted by Gasteiger charge is -2.17. The van der Waals surface area contributed by atoms with Crippen molar-refractivity contribution in [2.75, 3.05) is 12.4 Å². The van der Waals surface area contributed by atoms with Crippen LogP contribution in [0, 0.1) is 5.82 Å². The van der Waals surface area contributed by atoms with E-state index in [1.54, 1.807) is 36.4 Å². The molecule has 0 heterocycles. The molecule has 2 aromatic carbocycles. The van der Waals surface area contributed by atoms with Crippen LogP contribution in [-0.2, 0) is 0 Å². The molecule has 0 radical (unpaired) electrons. The molecule has 2 rings (SSSR count). The van der Waals surface area contributed by atoms with Gasteiger partial charge in [-0.2, -0.15) is 0 Å². The van der Waals surface area contributed by atoms with Crippen LogP contribution in [0.1, 0.15) is 18.5 Å². The molecular weight excluding hydrogens is 245 g/mol. The van der Waals surface area contributed by atoms with Crippen LogP contribution in [0.25, 0.3) is 0 Å². The number of halogens is 1. The Labute approximate surface area is 111 Å². The van der Waals surface area contributed by atoms with Gasteiger partial charge in [-0.3, -0.25) is 0 Å². The van der Waals surface area contributed by atoms with Gasteiger partial charge >= 0.3 is 0 Å². The van der Waals surface area contributed by atoms with Gasteiger partial charge in [-0.1, -0.05) is 18.2 Å². The highest BCUT2D eigenvalue weighted by Crippen LogP contribution is 2.30. The number of rotatable bonds is 4. The maximum absolute atomic E-state index is 13.6. The zero-order valence-electron chi connectivity index (χ0n) is 10.9. The Morgan fingerprint density at radius 2 is 1.95 bits per heavy atom.